The smallest absolute Gasteiger partial charge is 0.131 e. The molecule has 3 aliphatic carbocycles. The predicted molar refractivity (Wildman–Crippen MR) is 328 cm³/mol. The van der Waals surface area contributed by atoms with Crippen LogP contribution in [-0.4, -0.2) is 49.7 Å². The van der Waals surface area contributed by atoms with Crippen LogP contribution in [0.1, 0.15) is 344 Å². The summed E-state index contributed by atoms with van der Waals surface area (Å²) >= 11 is 0. The molecule has 0 saturated heterocycles. The van der Waals surface area contributed by atoms with Crippen LogP contribution in [0, 0.1) is 17.8 Å². The Hall–Kier alpha value is -2.88. The van der Waals surface area contributed by atoms with E-state index in [1.54, 1.807) is 0 Å². The summed E-state index contributed by atoms with van der Waals surface area (Å²) in [4.78, 5) is 27.9. The third kappa shape index (κ3) is 30.8. The molecule has 0 amide bonds. The van der Waals surface area contributed by atoms with Gasteiger partial charge >= 0.3 is 0 Å². The summed E-state index contributed by atoms with van der Waals surface area (Å²) in [5, 5.41) is 0. The van der Waals surface area contributed by atoms with Gasteiger partial charge in [0.2, 0.25) is 0 Å². The molecule has 0 aliphatic heterocycles. The van der Waals surface area contributed by atoms with E-state index in [1.165, 1.54) is 231 Å². The molecule has 3 aromatic rings. The van der Waals surface area contributed by atoms with Crippen molar-refractivity contribution in [2.75, 3.05) is 19.8 Å². The molecule has 3 aromatic heterocycles. The summed E-state index contributed by atoms with van der Waals surface area (Å²) in [5.74, 6) is 7.74. The first-order valence-electron chi connectivity index (χ1n) is 33.6. The molecule has 9 nitrogen and oxygen atoms in total. The van der Waals surface area contributed by atoms with Crippen molar-refractivity contribution in [3.05, 3.63) is 71.3 Å². The lowest BCUT2D eigenvalue weighted by Crippen LogP contribution is -2.15. The molecule has 444 valence electrons. The highest BCUT2D eigenvalue weighted by Gasteiger charge is 2.26. The quantitative estimate of drug-likeness (QED) is 0.0517. The summed E-state index contributed by atoms with van der Waals surface area (Å²) in [7, 11) is 0. The predicted octanol–water partition coefficient (Wildman–Crippen LogP) is 20.5. The second-order valence-corrected chi connectivity index (χ2v) is 24.4. The minimum Gasteiger partial charge on any atom is -0.377 e. The molecule has 78 heavy (non-hydrogen) atoms. The van der Waals surface area contributed by atoms with Crippen molar-refractivity contribution in [2.24, 2.45) is 17.8 Å². The van der Waals surface area contributed by atoms with Crippen LogP contribution in [0.5, 0.6) is 0 Å². The fraction of sp³-hybridized carbons (Fsp3) is 0.826. The summed E-state index contributed by atoms with van der Waals surface area (Å²) in [6.07, 6.45) is 64.0. The van der Waals surface area contributed by atoms with Gasteiger partial charge in [-0.3, -0.25) is 0 Å². The van der Waals surface area contributed by atoms with E-state index in [4.69, 9.17) is 14.2 Å². The van der Waals surface area contributed by atoms with Crippen molar-refractivity contribution < 1.29 is 14.2 Å². The standard InChI is InChI=1S/C24H42N2O.C23H40N2O.C22H38N2O/c1-3-5-7-9-10-12-21-13-15-23(16-14-21)24-25-18-22(19-26-24)20-27-17-11-8-6-4-2;1-3-5-7-8-9-11-20-12-14-22(15-13-20)23-24-17-21(18-25-23)19-26-16-10-6-4-2;1-3-5-7-8-9-10-19-11-13-21(14-12-19)22-23-16-20(17-24-22)18-25-15-6-4-2/h18-19,21,23H,3-17,20H2,1-2H3;17-18,20,22H,3-16,19H2,1-2H3;16-17,19,21H,3-15,18H2,1-2H3. The summed E-state index contributed by atoms with van der Waals surface area (Å²) in [6.45, 7) is 18.0. The van der Waals surface area contributed by atoms with Gasteiger partial charge in [0, 0.05) is 91.4 Å². The van der Waals surface area contributed by atoms with E-state index in [-0.39, 0.29) is 0 Å². The lowest BCUT2D eigenvalue weighted by Gasteiger charge is -2.27. The minimum atomic E-state index is 0.574. The maximum absolute atomic E-state index is 5.75. The van der Waals surface area contributed by atoms with Crippen LogP contribution in [-0.2, 0) is 34.0 Å². The number of nitrogens with zero attached hydrogens (tertiary/aromatic N) is 6. The second-order valence-electron chi connectivity index (χ2n) is 24.4. The number of hydrogen-bond donors (Lipinski definition) is 0. The van der Waals surface area contributed by atoms with Gasteiger partial charge in [-0.1, -0.05) is 196 Å². The summed E-state index contributed by atoms with van der Waals surface area (Å²) in [5.41, 5.74) is 3.31. The van der Waals surface area contributed by atoms with Crippen molar-refractivity contribution in [1.82, 2.24) is 29.9 Å². The Kier molecular flexibility index (Phi) is 39.6. The van der Waals surface area contributed by atoms with E-state index in [9.17, 15) is 0 Å². The summed E-state index contributed by atoms with van der Waals surface area (Å²) < 4.78 is 17.1. The Balaban J connectivity index is 0.000000253. The highest BCUT2D eigenvalue weighted by molar-refractivity contribution is 5.09. The highest BCUT2D eigenvalue weighted by Crippen LogP contribution is 2.39. The molecule has 0 atom stereocenters. The van der Waals surface area contributed by atoms with Crippen molar-refractivity contribution >= 4 is 0 Å². The molecule has 0 unspecified atom stereocenters. The molecule has 3 aliphatic rings. The molecular formula is C69H120N6O3. The van der Waals surface area contributed by atoms with Gasteiger partial charge in [0.15, 0.2) is 0 Å². The topological polar surface area (TPSA) is 105 Å². The van der Waals surface area contributed by atoms with Gasteiger partial charge in [-0.05, 0) is 114 Å². The molecule has 0 bridgehead atoms. The third-order valence-electron chi connectivity index (χ3n) is 17.4. The fourth-order valence-corrected chi connectivity index (χ4v) is 12.1. The Bertz CT molecular complexity index is 1770. The monoisotopic (exact) mass is 1080 g/mol. The van der Waals surface area contributed by atoms with Crippen molar-refractivity contribution in [3.63, 3.8) is 0 Å². The van der Waals surface area contributed by atoms with E-state index in [2.05, 4.69) is 71.4 Å². The molecule has 3 heterocycles. The largest absolute Gasteiger partial charge is 0.377 e. The van der Waals surface area contributed by atoms with E-state index in [1.807, 2.05) is 37.2 Å². The number of hydrogen-bond acceptors (Lipinski definition) is 9. The average molecular weight is 1080 g/mol. The molecule has 3 fully saturated rings. The van der Waals surface area contributed by atoms with Crippen LogP contribution >= 0.6 is 0 Å². The molecule has 9 heteroatoms. The molecule has 0 radical (unpaired) electrons. The van der Waals surface area contributed by atoms with Crippen LogP contribution in [0.4, 0.5) is 0 Å². The number of aromatic nitrogens is 6. The first-order valence-corrected chi connectivity index (χ1v) is 33.6. The van der Waals surface area contributed by atoms with Crippen molar-refractivity contribution in [1.29, 1.82) is 0 Å². The normalized spacial score (nSPS) is 20.4. The maximum Gasteiger partial charge on any atom is 0.131 e. The first-order chi connectivity index (χ1) is 38.5. The Labute approximate surface area is 480 Å². The van der Waals surface area contributed by atoms with Crippen LogP contribution in [0.25, 0.3) is 0 Å². The average Bonchev–Trinajstić information content (AvgIpc) is 3.48. The van der Waals surface area contributed by atoms with E-state index in [0.717, 1.165) is 91.0 Å². The van der Waals surface area contributed by atoms with Crippen LogP contribution < -0.4 is 0 Å². The van der Waals surface area contributed by atoms with Crippen LogP contribution in [0.3, 0.4) is 0 Å². The molecule has 0 aromatic carbocycles. The van der Waals surface area contributed by atoms with Crippen molar-refractivity contribution in [3.8, 4) is 0 Å². The SMILES string of the molecule is CCCCCCCC1CCC(c2ncc(COCCCC)cn2)CC1.CCCCCCCC1CCC(c2ncc(COCCCCC)cn2)CC1.CCCCCCCC1CCC(c2ncc(COCCCCCC)cn2)CC1. The Morgan fingerprint density at radius 1 is 0.282 bits per heavy atom. The second kappa shape index (κ2) is 45.7. The molecular weight excluding hydrogens is 961 g/mol. The Morgan fingerprint density at radius 3 is 0.795 bits per heavy atom. The molecule has 0 N–H and O–H groups in total. The molecule has 3 saturated carbocycles. The molecule has 6 rings (SSSR count). The molecule has 0 spiro atoms. The van der Waals surface area contributed by atoms with Gasteiger partial charge in [0.05, 0.1) is 19.8 Å². The van der Waals surface area contributed by atoms with Crippen molar-refractivity contribution in [2.45, 2.75) is 330 Å². The van der Waals surface area contributed by atoms with Gasteiger partial charge in [-0.2, -0.15) is 0 Å². The van der Waals surface area contributed by atoms with E-state index >= 15 is 0 Å². The lowest BCUT2D eigenvalue weighted by molar-refractivity contribution is 0.116. The minimum absolute atomic E-state index is 0.574. The van der Waals surface area contributed by atoms with Gasteiger partial charge in [-0.25, -0.2) is 29.9 Å². The zero-order chi connectivity index (χ0) is 55.4. The lowest BCUT2D eigenvalue weighted by atomic mass is 9.79. The van der Waals surface area contributed by atoms with E-state index < -0.39 is 0 Å². The Morgan fingerprint density at radius 2 is 0.513 bits per heavy atom. The number of rotatable bonds is 39. The van der Waals surface area contributed by atoms with E-state index in [0.29, 0.717) is 37.6 Å². The van der Waals surface area contributed by atoms with Crippen LogP contribution in [0.15, 0.2) is 37.2 Å². The zero-order valence-electron chi connectivity index (χ0n) is 51.7. The number of unbranched alkanes of at least 4 members (excludes halogenated alkanes) is 18. The maximum atomic E-state index is 5.75. The number of ether oxygens (including phenoxy) is 3. The van der Waals surface area contributed by atoms with Crippen LogP contribution in [0.2, 0.25) is 0 Å². The highest BCUT2D eigenvalue weighted by atomic mass is 16.5. The van der Waals surface area contributed by atoms with Gasteiger partial charge in [-0.15, -0.1) is 0 Å². The van der Waals surface area contributed by atoms with Gasteiger partial charge in [0.25, 0.3) is 0 Å². The summed E-state index contributed by atoms with van der Waals surface area (Å²) in [6, 6.07) is 0. The third-order valence-corrected chi connectivity index (χ3v) is 17.4. The van der Waals surface area contributed by atoms with Gasteiger partial charge in [0.1, 0.15) is 17.5 Å². The fourth-order valence-electron chi connectivity index (χ4n) is 12.1. The van der Waals surface area contributed by atoms with Gasteiger partial charge < -0.3 is 14.2 Å². The zero-order valence-corrected chi connectivity index (χ0v) is 51.7. The first kappa shape index (κ1) is 67.6.